The van der Waals surface area contributed by atoms with E-state index in [0.717, 1.165) is 28.0 Å². The maximum Gasteiger partial charge on any atom is 0.332 e. The first-order chi connectivity index (χ1) is 14.2. The van der Waals surface area contributed by atoms with Crippen LogP contribution in [0.5, 0.6) is 11.5 Å². The largest absolute Gasteiger partial charge is 0.457 e. The first-order valence-electron chi connectivity index (χ1n) is 8.77. The Morgan fingerprint density at radius 2 is 1.52 bits per heavy atom. The topological polar surface area (TPSA) is 80.6 Å². The van der Waals surface area contributed by atoms with Crippen molar-refractivity contribution in [2.75, 3.05) is 0 Å². The summed E-state index contributed by atoms with van der Waals surface area (Å²) in [6.45, 7) is 0. The molecule has 0 atom stereocenters. The first kappa shape index (κ1) is 18.6. The van der Waals surface area contributed by atoms with Crippen molar-refractivity contribution in [3.05, 3.63) is 90.7 Å². The molecule has 1 heterocycles. The molecule has 7 heteroatoms. The highest BCUT2D eigenvalue weighted by Crippen LogP contribution is 2.24. The molecule has 6 nitrogen and oxygen atoms in total. The number of furan rings is 1. The number of carbonyl (C=O) groups is 2. The molecule has 0 aliphatic carbocycles. The predicted octanol–water partition coefficient (Wildman–Crippen LogP) is 5.37. The molecule has 3 aromatic carbocycles. The van der Waals surface area contributed by atoms with E-state index in [-0.39, 0.29) is 5.76 Å². The van der Waals surface area contributed by atoms with Crippen LogP contribution in [0.2, 0.25) is 0 Å². The summed E-state index contributed by atoms with van der Waals surface area (Å²) in [5, 5.41) is 3.04. The number of urea groups is 1. The number of fused-ring (bicyclic) bond motifs is 1. The normalized spacial score (nSPS) is 10.5. The minimum atomic E-state index is -0.634. The van der Waals surface area contributed by atoms with E-state index in [1.54, 1.807) is 24.3 Å². The highest BCUT2D eigenvalue weighted by Gasteiger charge is 2.15. The predicted molar refractivity (Wildman–Crippen MR) is 111 cm³/mol. The molecule has 3 amide bonds. The number of para-hydroxylation sites is 2. The van der Waals surface area contributed by atoms with Gasteiger partial charge in [-0.2, -0.15) is 0 Å². The molecule has 1 aromatic heterocycles. The smallest absolute Gasteiger partial charge is 0.332 e. The Bertz CT molecular complexity index is 1110. The Kier molecular flexibility index (Phi) is 5.49. The van der Waals surface area contributed by atoms with E-state index >= 15 is 0 Å². The molecule has 0 bridgehead atoms. The van der Waals surface area contributed by atoms with Gasteiger partial charge in [0.2, 0.25) is 0 Å². The molecule has 0 aliphatic rings. The molecular formula is C22H16N2O4S. The lowest BCUT2D eigenvalue weighted by molar-refractivity contribution is 0.0940. The summed E-state index contributed by atoms with van der Waals surface area (Å²) in [4.78, 5) is 24.9. The summed E-state index contributed by atoms with van der Waals surface area (Å²) in [6, 6.07) is 24.9. The highest BCUT2D eigenvalue weighted by molar-refractivity contribution is 7.98. The molecule has 0 radical (unpaired) electrons. The molecule has 29 heavy (non-hydrogen) atoms. The monoisotopic (exact) mass is 404 g/mol. The lowest BCUT2D eigenvalue weighted by atomic mass is 10.2. The van der Waals surface area contributed by atoms with Gasteiger partial charge >= 0.3 is 6.03 Å². The summed E-state index contributed by atoms with van der Waals surface area (Å²) in [7, 11) is 0. The van der Waals surface area contributed by atoms with E-state index < -0.39 is 11.9 Å². The average Bonchev–Trinajstić information content (AvgIpc) is 3.19. The van der Waals surface area contributed by atoms with Crippen molar-refractivity contribution in [1.29, 1.82) is 0 Å². The van der Waals surface area contributed by atoms with Gasteiger partial charge in [0.05, 0.1) is 0 Å². The molecule has 0 saturated carbocycles. The van der Waals surface area contributed by atoms with Gasteiger partial charge in [-0.05, 0) is 60.5 Å². The number of benzene rings is 3. The summed E-state index contributed by atoms with van der Waals surface area (Å²) < 4.78 is 13.7. The fraction of sp³-hybridized carbons (Fsp3) is 0. The van der Waals surface area contributed by atoms with Crippen LogP contribution in [0.3, 0.4) is 0 Å². The lowest BCUT2D eigenvalue weighted by Gasteiger charge is -2.07. The standard InChI is InChI=1S/C22H16N2O4S/c25-21(20-14-15-6-4-5-9-19(15)28-20)23-22(26)24-29-18-12-10-17(11-13-18)27-16-7-2-1-3-8-16/h1-14H,(H2,23,24,25,26). The van der Waals surface area contributed by atoms with Crippen molar-refractivity contribution in [3.63, 3.8) is 0 Å². The Morgan fingerprint density at radius 1 is 0.828 bits per heavy atom. The summed E-state index contributed by atoms with van der Waals surface area (Å²) in [6.07, 6.45) is 0. The SMILES string of the molecule is O=C(NSc1ccc(Oc2ccccc2)cc1)NC(=O)c1cc2ccccc2o1. The summed E-state index contributed by atoms with van der Waals surface area (Å²) in [5.74, 6) is 0.902. The highest BCUT2D eigenvalue weighted by atomic mass is 32.2. The van der Waals surface area contributed by atoms with Crippen LogP contribution < -0.4 is 14.8 Å². The van der Waals surface area contributed by atoms with Gasteiger partial charge in [-0.3, -0.25) is 14.8 Å². The Morgan fingerprint density at radius 3 is 2.28 bits per heavy atom. The van der Waals surface area contributed by atoms with Crippen LogP contribution in [0.1, 0.15) is 10.6 Å². The van der Waals surface area contributed by atoms with Gasteiger partial charge in [-0.25, -0.2) is 4.79 Å². The zero-order chi connectivity index (χ0) is 20.1. The third-order valence-electron chi connectivity index (χ3n) is 3.94. The number of carbonyl (C=O) groups excluding carboxylic acids is 2. The van der Waals surface area contributed by atoms with Crippen molar-refractivity contribution in [1.82, 2.24) is 10.0 Å². The van der Waals surface area contributed by atoms with Crippen LogP contribution in [0.15, 0.2) is 94.2 Å². The molecule has 0 fully saturated rings. The molecular weight excluding hydrogens is 388 g/mol. The second-order valence-corrected chi connectivity index (χ2v) is 6.90. The van der Waals surface area contributed by atoms with Crippen LogP contribution in [-0.4, -0.2) is 11.9 Å². The van der Waals surface area contributed by atoms with Crippen molar-refractivity contribution in [3.8, 4) is 11.5 Å². The van der Waals surface area contributed by atoms with Crippen molar-refractivity contribution < 1.29 is 18.7 Å². The third kappa shape index (κ3) is 4.77. The average molecular weight is 404 g/mol. The number of hydrogen-bond donors (Lipinski definition) is 2. The minimum Gasteiger partial charge on any atom is -0.457 e. The zero-order valence-electron chi connectivity index (χ0n) is 15.1. The second kappa shape index (κ2) is 8.53. The van der Waals surface area contributed by atoms with Crippen LogP contribution in [0, 0.1) is 0 Å². The quantitative estimate of drug-likeness (QED) is 0.437. The molecule has 144 valence electrons. The van der Waals surface area contributed by atoms with E-state index in [2.05, 4.69) is 10.0 Å². The van der Waals surface area contributed by atoms with E-state index in [0.29, 0.717) is 11.3 Å². The number of rotatable bonds is 5. The number of imide groups is 1. The van der Waals surface area contributed by atoms with Crippen LogP contribution >= 0.6 is 11.9 Å². The summed E-state index contributed by atoms with van der Waals surface area (Å²) in [5.41, 5.74) is 0.588. The Hall–Kier alpha value is -3.71. The van der Waals surface area contributed by atoms with Gasteiger partial charge in [0.15, 0.2) is 5.76 Å². The van der Waals surface area contributed by atoms with E-state index in [9.17, 15) is 9.59 Å². The van der Waals surface area contributed by atoms with Gasteiger partial charge < -0.3 is 9.15 Å². The van der Waals surface area contributed by atoms with E-state index in [1.165, 1.54) is 0 Å². The van der Waals surface area contributed by atoms with Gasteiger partial charge in [0.1, 0.15) is 17.1 Å². The fourth-order valence-corrected chi connectivity index (χ4v) is 3.12. The van der Waals surface area contributed by atoms with Crippen LogP contribution in [0.25, 0.3) is 11.0 Å². The van der Waals surface area contributed by atoms with Gasteiger partial charge in [0.25, 0.3) is 5.91 Å². The minimum absolute atomic E-state index is 0.0776. The third-order valence-corrected chi connectivity index (χ3v) is 4.74. The molecule has 4 aromatic rings. The van der Waals surface area contributed by atoms with E-state index in [1.807, 2.05) is 60.7 Å². The lowest BCUT2D eigenvalue weighted by Crippen LogP contribution is -2.36. The maximum absolute atomic E-state index is 12.2. The Balaban J connectivity index is 1.29. The Labute approximate surface area is 171 Å². The van der Waals surface area contributed by atoms with E-state index in [4.69, 9.17) is 9.15 Å². The molecule has 2 N–H and O–H groups in total. The molecule has 0 aliphatic heterocycles. The van der Waals surface area contributed by atoms with Crippen LogP contribution in [0.4, 0.5) is 4.79 Å². The van der Waals surface area contributed by atoms with Crippen molar-refractivity contribution in [2.24, 2.45) is 0 Å². The maximum atomic E-state index is 12.2. The number of nitrogens with one attached hydrogen (secondary N) is 2. The van der Waals surface area contributed by atoms with Gasteiger partial charge in [-0.15, -0.1) is 0 Å². The van der Waals surface area contributed by atoms with Crippen molar-refractivity contribution >= 4 is 34.9 Å². The second-order valence-electron chi connectivity index (χ2n) is 6.02. The van der Waals surface area contributed by atoms with Gasteiger partial charge in [0, 0.05) is 10.3 Å². The molecule has 0 spiro atoms. The first-order valence-corrected chi connectivity index (χ1v) is 9.59. The summed E-state index contributed by atoms with van der Waals surface area (Å²) >= 11 is 1.09. The van der Waals surface area contributed by atoms with Crippen LogP contribution in [-0.2, 0) is 0 Å². The van der Waals surface area contributed by atoms with Gasteiger partial charge in [-0.1, -0.05) is 36.4 Å². The number of amides is 3. The molecule has 0 unspecified atom stereocenters. The number of hydrogen-bond acceptors (Lipinski definition) is 5. The fourth-order valence-electron chi connectivity index (χ4n) is 2.59. The molecule has 4 rings (SSSR count). The molecule has 0 saturated heterocycles. The number of ether oxygens (including phenoxy) is 1. The zero-order valence-corrected chi connectivity index (χ0v) is 15.9. The van der Waals surface area contributed by atoms with Crippen molar-refractivity contribution in [2.45, 2.75) is 4.90 Å².